The van der Waals surface area contributed by atoms with Crippen LogP contribution < -0.4 is 10.6 Å². The van der Waals surface area contributed by atoms with Crippen LogP contribution in [0.4, 0.5) is 4.79 Å². The van der Waals surface area contributed by atoms with E-state index in [1.807, 2.05) is 57.0 Å². The summed E-state index contributed by atoms with van der Waals surface area (Å²) < 4.78 is 5.24. The number of carbonyl (C=O) groups excluding carboxylic acids is 3. The molecule has 1 atom stereocenters. The number of nitrogens with one attached hydrogen (secondary N) is 2. The number of piperazine rings is 1. The number of benzene rings is 1. The minimum atomic E-state index is -0.582. The fourth-order valence-electron chi connectivity index (χ4n) is 3.26. The third-order valence-electron chi connectivity index (χ3n) is 5.07. The highest BCUT2D eigenvalue weighted by molar-refractivity contribution is 5.88. The maximum atomic E-state index is 13.1. The smallest absolute Gasteiger partial charge is 0.407 e. The maximum Gasteiger partial charge on any atom is 0.407 e. The first kappa shape index (κ1) is 24.7. The van der Waals surface area contributed by atoms with Crippen LogP contribution in [0.5, 0.6) is 0 Å². The summed E-state index contributed by atoms with van der Waals surface area (Å²) in [5.74, 6) is -0.170. The Balaban J connectivity index is 1.97. The monoisotopic (exact) mass is 432 g/mol. The first-order chi connectivity index (χ1) is 14.6. The standard InChI is InChI=1S/C23H36N4O4/c1-6-20(28)25-19(21(29)27-13-11-26(5)12-14-27)15-17-7-9-18(10-8-17)16-24-22(30)31-23(2,3)4/h7-10,19H,6,11-16H2,1-5H3,(H,24,30)(H,25,28). The molecule has 1 unspecified atom stereocenters. The van der Waals surface area contributed by atoms with E-state index in [9.17, 15) is 14.4 Å². The molecule has 1 saturated heterocycles. The van der Waals surface area contributed by atoms with Crippen LogP contribution in [0.15, 0.2) is 24.3 Å². The van der Waals surface area contributed by atoms with E-state index in [-0.39, 0.29) is 11.8 Å². The molecule has 8 nitrogen and oxygen atoms in total. The highest BCUT2D eigenvalue weighted by Gasteiger charge is 2.28. The van der Waals surface area contributed by atoms with E-state index in [1.54, 1.807) is 6.92 Å². The van der Waals surface area contributed by atoms with Gasteiger partial charge in [-0.15, -0.1) is 0 Å². The molecule has 1 aromatic carbocycles. The Labute approximate surface area is 185 Å². The Kier molecular flexibility index (Phi) is 8.86. The average molecular weight is 433 g/mol. The molecule has 0 spiro atoms. The van der Waals surface area contributed by atoms with Crippen molar-refractivity contribution in [1.82, 2.24) is 20.4 Å². The normalized spacial score (nSPS) is 15.8. The van der Waals surface area contributed by atoms with E-state index >= 15 is 0 Å². The van der Waals surface area contributed by atoms with Crippen LogP contribution in [0.25, 0.3) is 0 Å². The molecule has 0 bridgehead atoms. The number of hydrogen-bond donors (Lipinski definition) is 2. The summed E-state index contributed by atoms with van der Waals surface area (Å²) in [5.41, 5.74) is 1.33. The molecule has 1 heterocycles. The van der Waals surface area contributed by atoms with E-state index in [1.165, 1.54) is 0 Å². The largest absolute Gasteiger partial charge is 0.444 e. The van der Waals surface area contributed by atoms with Crippen molar-refractivity contribution in [1.29, 1.82) is 0 Å². The fraction of sp³-hybridized carbons (Fsp3) is 0.609. The molecule has 8 heteroatoms. The Morgan fingerprint density at radius 2 is 1.61 bits per heavy atom. The van der Waals surface area contributed by atoms with Crippen molar-refractivity contribution in [3.63, 3.8) is 0 Å². The number of carbonyl (C=O) groups is 3. The molecular weight excluding hydrogens is 396 g/mol. The van der Waals surface area contributed by atoms with Gasteiger partial charge < -0.3 is 25.2 Å². The molecule has 1 fully saturated rings. The van der Waals surface area contributed by atoms with Crippen molar-refractivity contribution in [3.8, 4) is 0 Å². The van der Waals surface area contributed by atoms with Gasteiger partial charge in [0, 0.05) is 45.6 Å². The highest BCUT2D eigenvalue weighted by atomic mass is 16.6. The summed E-state index contributed by atoms with van der Waals surface area (Å²) in [7, 11) is 2.04. The van der Waals surface area contributed by atoms with Crippen LogP contribution in [0, 0.1) is 0 Å². The molecule has 1 aliphatic rings. The van der Waals surface area contributed by atoms with Gasteiger partial charge in [0.05, 0.1) is 0 Å². The zero-order valence-corrected chi connectivity index (χ0v) is 19.4. The van der Waals surface area contributed by atoms with Crippen LogP contribution >= 0.6 is 0 Å². The van der Waals surface area contributed by atoms with Crippen LogP contribution in [0.1, 0.15) is 45.2 Å². The first-order valence-electron chi connectivity index (χ1n) is 10.9. The summed E-state index contributed by atoms with van der Waals surface area (Å²) in [6, 6.07) is 7.09. The van der Waals surface area contributed by atoms with Crippen LogP contribution in [0.2, 0.25) is 0 Å². The number of ether oxygens (including phenoxy) is 1. The quantitative estimate of drug-likeness (QED) is 0.687. The van der Waals surface area contributed by atoms with Gasteiger partial charge in [-0.05, 0) is 38.9 Å². The molecule has 1 aromatic rings. The van der Waals surface area contributed by atoms with Gasteiger partial charge >= 0.3 is 6.09 Å². The lowest BCUT2D eigenvalue weighted by Crippen LogP contribution is -2.54. The predicted octanol–water partition coefficient (Wildman–Crippen LogP) is 1.92. The molecule has 2 N–H and O–H groups in total. The third-order valence-corrected chi connectivity index (χ3v) is 5.07. The van der Waals surface area contributed by atoms with Gasteiger partial charge in [-0.25, -0.2) is 4.79 Å². The van der Waals surface area contributed by atoms with Gasteiger partial charge in [0.1, 0.15) is 11.6 Å². The zero-order valence-electron chi connectivity index (χ0n) is 19.4. The topological polar surface area (TPSA) is 91.0 Å². The fourth-order valence-corrected chi connectivity index (χ4v) is 3.26. The number of rotatable bonds is 7. The highest BCUT2D eigenvalue weighted by Crippen LogP contribution is 2.12. The minimum Gasteiger partial charge on any atom is -0.444 e. The second-order valence-electron chi connectivity index (χ2n) is 8.98. The summed E-state index contributed by atoms with van der Waals surface area (Å²) in [5, 5.41) is 5.61. The Morgan fingerprint density at radius 1 is 1.03 bits per heavy atom. The van der Waals surface area contributed by atoms with Gasteiger partial charge in [0.15, 0.2) is 0 Å². The van der Waals surface area contributed by atoms with Gasteiger partial charge in [-0.3, -0.25) is 9.59 Å². The summed E-state index contributed by atoms with van der Waals surface area (Å²) in [6.45, 7) is 10.6. The number of amides is 3. The van der Waals surface area contributed by atoms with Gasteiger partial charge in [-0.1, -0.05) is 31.2 Å². The van der Waals surface area contributed by atoms with Crippen molar-refractivity contribution in [2.45, 2.75) is 58.7 Å². The van der Waals surface area contributed by atoms with E-state index in [4.69, 9.17) is 4.74 Å². The molecular formula is C23H36N4O4. The molecule has 0 aliphatic carbocycles. The van der Waals surface area contributed by atoms with Gasteiger partial charge in [-0.2, -0.15) is 0 Å². The van der Waals surface area contributed by atoms with Crippen molar-refractivity contribution in [2.24, 2.45) is 0 Å². The first-order valence-corrected chi connectivity index (χ1v) is 10.9. The Morgan fingerprint density at radius 3 is 2.16 bits per heavy atom. The van der Waals surface area contributed by atoms with E-state index < -0.39 is 17.7 Å². The predicted molar refractivity (Wildman–Crippen MR) is 120 cm³/mol. The lowest BCUT2D eigenvalue weighted by Gasteiger charge is -2.34. The second-order valence-corrected chi connectivity index (χ2v) is 8.98. The van der Waals surface area contributed by atoms with E-state index in [0.29, 0.717) is 32.5 Å². The summed E-state index contributed by atoms with van der Waals surface area (Å²) in [6.07, 6.45) is 0.301. The Bertz CT molecular complexity index is 750. The SMILES string of the molecule is CCC(=O)NC(Cc1ccc(CNC(=O)OC(C)(C)C)cc1)C(=O)N1CCN(C)CC1. The maximum absolute atomic E-state index is 13.1. The molecule has 0 saturated carbocycles. The number of hydrogen-bond acceptors (Lipinski definition) is 5. The van der Waals surface area contributed by atoms with Gasteiger partial charge in [0.25, 0.3) is 0 Å². The summed E-state index contributed by atoms with van der Waals surface area (Å²) in [4.78, 5) is 40.9. The van der Waals surface area contributed by atoms with Crippen molar-refractivity contribution in [2.75, 3.05) is 33.2 Å². The van der Waals surface area contributed by atoms with Crippen molar-refractivity contribution >= 4 is 17.9 Å². The zero-order chi connectivity index (χ0) is 23.0. The number of likely N-dealkylation sites (N-methyl/N-ethyl adjacent to an activating group) is 1. The minimum absolute atomic E-state index is 0.0365. The van der Waals surface area contributed by atoms with E-state index in [2.05, 4.69) is 15.5 Å². The third kappa shape index (κ3) is 8.57. The summed E-state index contributed by atoms with van der Waals surface area (Å²) >= 11 is 0. The lowest BCUT2D eigenvalue weighted by molar-refractivity contribution is -0.137. The van der Waals surface area contributed by atoms with Crippen LogP contribution in [-0.2, 0) is 27.3 Å². The van der Waals surface area contributed by atoms with Crippen molar-refractivity contribution in [3.05, 3.63) is 35.4 Å². The van der Waals surface area contributed by atoms with Gasteiger partial charge in [0.2, 0.25) is 11.8 Å². The molecule has 31 heavy (non-hydrogen) atoms. The second kappa shape index (κ2) is 11.1. The number of alkyl carbamates (subject to hydrolysis) is 1. The van der Waals surface area contributed by atoms with Crippen LogP contribution in [-0.4, -0.2) is 72.6 Å². The van der Waals surface area contributed by atoms with Crippen molar-refractivity contribution < 1.29 is 19.1 Å². The Hall–Kier alpha value is -2.61. The molecule has 172 valence electrons. The molecule has 3 amide bonds. The molecule has 0 aromatic heterocycles. The molecule has 2 rings (SSSR count). The molecule has 1 aliphatic heterocycles. The average Bonchev–Trinajstić information content (AvgIpc) is 2.71. The number of nitrogens with zero attached hydrogens (tertiary/aromatic N) is 2. The molecule has 0 radical (unpaired) electrons. The van der Waals surface area contributed by atoms with Crippen LogP contribution in [0.3, 0.4) is 0 Å². The lowest BCUT2D eigenvalue weighted by atomic mass is 10.0. The van der Waals surface area contributed by atoms with E-state index in [0.717, 1.165) is 24.2 Å².